The molecule has 56 heavy (non-hydrogen) atoms. The zero-order valence-corrected chi connectivity index (χ0v) is 35.4. The minimum absolute atomic E-state index is 0. The molecule has 2 aliphatic heterocycles. The zero-order chi connectivity index (χ0) is 41.5. The standard InChI is InChI=1S/C18H28FN3O4.C15H25N3O3.C4H6BrFO2.CH4/c1-12(23)15(19)22-14(11-21(5)17(24)26-18(2,3)4)10-20-16(22)13-6-8-25-9-7-13;1-15(2,3)21-14(19)18(4)10-12-9-16-13(17-12)11-5-7-20-8-6-11;1-2-8-4(7)3(5)6;/h10,13,15H,6-9,11H2,1-5H3;9,11H,5-8,10H2,1-4H3,(H,16,17);3H,2H2,1H3;1H4. The molecule has 0 radical (unpaired) electrons. The maximum absolute atomic E-state index is 14.7. The molecular formula is C38H63BrF2N6O9. The van der Waals surface area contributed by atoms with Crippen molar-refractivity contribution in [2.24, 2.45) is 0 Å². The van der Waals surface area contributed by atoms with Gasteiger partial charge in [0.1, 0.15) is 22.9 Å². The molecule has 2 aliphatic rings. The summed E-state index contributed by atoms with van der Waals surface area (Å²) in [5, 5.41) is -1.68. The summed E-state index contributed by atoms with van der Waals surface area (Å²) in [7, 11) is 3.30. The lowest BCUT2D eigenvalue weighted by molar-refractivity contribution is -0.145. The van der Waals surface area contributed by atoms with Gasteiger partial charge in [-0.1, -0.05) is 7.43 Å². The van der Waals surface area contributed by atoms with Crippen LogP contribution in [0.2, 0.25) is 0 Å². The molecular weight excluding hydrogens is 802 g/mol. The molecule has 2 saturated heterocycles. The number of alkyl halides is 3. The van der Waals surface area contributed by atoms with Crippen molar-refractivity contribution in [1.29, 1.82) is 0 Å². The highest BCUT2D eigenvalue weighted by atomic mass is 79.9. The molecule has 0 aliphatic carbocycles. The fourth-order valence-electron chi connectivity index (χ4n) is 5.38. The predicted molar refractivity (Wildman–Crippen MR) is 210 cm³/mol. The molecule has 320 valence electrons. The lowest BCUT2D eigenvalue weighted by atomic mass is 9.99. The second-order valence-electron chi connectivity index (χ2n) is 15.2. The van der Waals surface area contributed by atoms with Gasteiger partial charge in [-0.2, -0.15) is 0 Å². The number of nitrogens with one attached hydrogen (secondary N) is 1. The first-order valence-electron chi connectivity index (χ1n) is 18.4. The van der Waals surface area contributed by atoms with Crippen LogP contribution in [-0.2, 0) is 46.4 Å². The van der Waals surface area contributed by atoms with E-state index in [-0.39, 0.29) is 32.6 Å². The van der Waals surface area contributed by atoms with E-state index in [1.54, 1.807) is 52.9 Å². The van der Waals surface area contributed by atoms with Gasteiger partial charge >= 0.3 is 18.2 Å². The Labute approximate surface area is 338 Å². The number of carbonyl (C=O) groups excluding carboxylic acids is 4. The molecule has 2 aromatic heterocycles. The Hall–Kier alpha value is -3.64. The summed E-state index contributed by atoms with van der Waals surface area (Å²) in [5.74, 6) is 0.515. The molecule has 15 nitrogen and oxygen atoms in total. The number of carbonyl (C=O) groups is 4. The van der Waals surface area contributed by atoms with Crippen molar-refractivity contribution in [2.45, 2.75) is 136 Å². The molecule has 0 aromatic carbocycles. The summed E-state index contributed by atoms with van der Waals surface area (Å²) in [5.41, 5.74) is 0.278. The number of aromatic nitrogens is 4. The Kier molecular flexibility index (Phi) is 21.2. The Morgan fingerprint density at radius 1 is 0.875 bits per heavy atom. The number of imidazole rings is 2. The Balaban J connectivity index is 0.000000469. The third-order valence-corrected chi connectivity index (χ3v) is 8.36. The normalized spacial score (nSPS) is 16.0. The van der Waals surface area contributed by atoms with Crippen molar-refractivity contribution in [2.75, 3.05) is 47.1 Å². The second-order valence-corrected chi connectivity index (χ2v) is 16.0. The van der Waals surface area contributed by atoms with Gasteiger partial charge in [-0.05, 0) is 97.0 Å². The molecule has 0 saturated carbocycles. The van der Waals surface area contributed by atoms with E-state index in [2.05, 4.69) is 35.6 Å². The van der Waals surface area contributed by atoms with Crippen LogP contribution in [-0.4, -0.2) is 117 Å². The van der Waals surface area contributed by atoms with Crippen LogP contribution in [0.3, 0.4) is 0 Å². The smallest absolute Gasteiger partial charge is 0.410 e. The van der Waals surface area contributed by atoms with Gasteiger partial charge in [0.2, 0.25) is 6.30 Å². The Morgan fingerprint density at radius 2 is 1.36 bits per heavy atom. The number of rotatable bonds is 10. The molecule has 4 heterocycles. The fourth-order valence-corrected chi connectivity index (χ4v) is 5.51. The maximum Gasteiger partial charge on any atom is 0.410 e. The van der Waals surface area contributed by atoms with Crippen molar-refractivity contribution in [3.63, 3.8) is 0 Å². The lowest BCUT2D eigenvalue weighted by Gasteiger charge is -2.26. The SMILES string of the molecule is C.CC(=O)C(F)n1c(CN(C)C(=O)OC(C)(C)C)cnc1C1CCOCC1.CCOC(=O)C(F)Br.CN(Cc1cnc(C2CCOCC2)[nH]1)C(=O)OC(C)(C)C. The predicted octanol–water partition coefficient (Wildman–Crippen LogP) is 7.75. The van der Waals surface area contributed by atoms with Crippen molar-refractivity contribution < 1.29 is 51.6 Å². The lowest BCUT2D eigenvalue weighted by Crippen LogP contribution is -2.34. The Bertz CT molecular complexity index is 1510. The molecule has 2 aromatic rings. The van der Waals surface area contributed by atoms with Crippen LogP contribution in [0, 0.1) is 0 Å². The number of hydrogen-bond acceptors (Lipinski definition) is 11. The molecule has 2 unspecified atom stereocenters. The average molecular weight is 866 g/mol. The molecule has 2 atom stereocenters. The van der Waals surface area contributed by atoms with Crippen molar-refractivity contribution in [3.8, 4) is 0 Å². The Morgan fingerprint density at radius 3 is 1.79 bits per heavy atom. The molecule has 2 fully saturated rings. The third kappa shape index (κ3) is 17.7. The number of halogens is 3. The largest absolute Gasteiger partial charge is 0.463 e. The van der Waals surface area contributed by atoms with Crippen LogP contribution in [0.15, 0.2) is 12.4 Å². The van der Waals surface area contributed by atoms with E-state index in [0.717, 1.165) is 50.4 Å². The van der Waals surface area contributed by atoms with Gasteiger partial charge in [-0.25, -0.2) is 33.1 Å². The van der Waals surface area contributed by atoms with Crippen molar-refractivity contribution >= 4 is 39.9 Å². The van der Waals surface area contributed by atoms with Crippen LogP contribution < -0.4 is 0 Å². The molecule has 4 rings (SSSR count). The summed E-state index contributed by atoms with van der Waals surface area (Å²) in [6.45, 7) is 17.3. The first kappa shape index (κ1) is 50.4. The van der Waals surface area contributed by atoms with E-state index in [0.29, 0.717) is 37.2 Å². The van der Waals surface area contributed by atoms with Crippen molar-refractivity contribution in [1.82, 2.24) is 29.3 Å². The maximum atomic E-state index is 14.7. The van der Waals surface area contributed by atoms with Gasteiger partial charge in [0.05, 0.1) is 43.5 Å². The molecule has 0 spiro atoms. The van der Waals surface area contributed by atoms with Crippen LogP contribution in [0.25, 0.3) is 0 Å². The highest BCUT2D eigenvalue weighted by molar-refractivity contribution is 9.09. The number of amides is 2. The molecule has 2 amide bonds. The minimum Gasteiger partial charge on any atom is -0.463 e. The van der Waals surface area contributed by atoms with Gasteiger partial charge in [-0.15, -0.1) is 0 Å². The summed E-state index contributed by atoms with van der Waals surface area (Å²) < 4.78 is 53.3. The number of ether oxygens (including phenoxy) is 5. The second kappa shape index (κ2) is 23.6. The first-order chi connectivity index (χ1) is 25.6. The van der Waals surface area contributed by atoms with E-state index >= 15 is 0 Å². The average Bonchev–Trinajstić information content (AvgIpc) is 3.75. The summed E-state index contributed by atoms with van der Waals surface area (Å²) in [6.07, 6.45) is 4.10. The number of ketones is 1. The highest BCUT2D eigenvalue weighted by Gasteiger charge is 2.30. The van der Waals surface area contributed by atoms with Gasteiger partial charge in [0.25, 0.3) is 5.08 Å². The van der Waals surface area contributed by atoms with Crippen LogP contribution in [0.4, 0.5) is 18.4 Å². The number of hydrogen-bond donors (Lipinski definition) is 1. The van der Waals surface area contributed by atoms with Gasteiger partial charge in [0.15, 0.2) is 5.78 Å². The van der Waals surface area contributed by atoms with Crippen molar-refractivity contribution in [3.05, 3.63) is 35.4 Å². The van der Waals surface area contributed by atoms with E-state index in [1.165, 1.54) is 22.6 Å². The molecule has 0 bridgehead atoms. The highest BCUT2D eigenvalue weighted by Crippen LogP contribution is 2.30. The number of esters is 1. The minimum atomic E-state index is -1.82. The van der Waals surface area contributed by atoms with Crippen LogP contribution >= 0.6 is 15.9 Å². The summed E-state index contributed by atoms with van der Waals surface area (Å²) >= 11 is 2.40. The number of H-pyrrole nitrogens is 1. The number of nitrogens with zero attached hydrogens (tertiary/aromatic N) is 5. The summed E-state index contributed by atoms with van der Waals surface area (Å²) in [4.78, 5) is 60.9. The third-order valence-electron chi connectivity index (χ3n) is 7.99. The number of aromatic amines is 1. The molecule has 1 N–H and O–H groups in total. The summed E-state index contributed by atoms with van der Waals surface area (Å²) in [6, 6.07) is 0. The van der Waals surface area contributed by atoms with E-state index in [4.69, 9.17) is 18.9 Å². The zero-order valence-electron chi connectivity index (χ0n) is 33.8. The van der Waals surface area contributed by atoms with Gasteiger partial charge < -0.3 is 38.5 Å². The van der Waals surface area contributed by atoms with Crippen LogP contribution in [0.1, 0.15) is 130 Å². The number of Topliss-reactive ketones (excluding diaryl/α,β-unsaturated/α-hetero) is 1. The van der Waals surface area contributed by atoms with Gasteiger partial charge in [-0.3, -0.25) is 9.36 Å². The first-order valence-corrected chi connectivity index (χ1v) is 19.3. The van der Waals surface area contributed by atoms with Crippen LogP contribution in [0.5, 0.6) is 0 Å². The van der Waals surface area contributed by atoms with E-state index in [9.17, 15) is 28.0 Å². The fraction of sp³-hybridized carbons (Fsp3) is 0.737. The van der Waals surface area contributed by atoms with E-state index in [1.807, 2.05) is 20.8 Å². The molecule has 18 heteroatoms. The van der Waals surface area contributed by atoms with Gasteiger partial charge in [0, 0.05) is 52.4 Å². The topological polar surface area (TPSA) is 167 Å². The monoisotopic (exact) mass is 864 g/mol. The quantitative estimate of drug-likeness (QED) is 0.141. The van der Waals surface area contributed by atoms with E-state index < -0.39 is 40.4 Å².